The Balaban J connectivity index is 3.71. The summed E-state index contributed by atoms with van der Waals surface area (Å²) in [6.45, 7) is 6.56. The zero-order valence-corrected chi connectivity index (χ0v) is 9.12. The molecule has 12 heavy (non-hydrogen) atoms. The molecule has 0 aromatic rings. The van der Waals surface area contributed by atoms with Crippen molar-refractivity contribution in [2.24, 2.45) is 11.8 Å². The quantitative estimate of drug-likeness (QED) is 0.610. The molecule has 0 rings (SSSR count). The van der Waals surface area contributed by atoms with Gasteiger partial charge in [0, 0.05) is 5.92 Å². The highest BCUT2D eigenvalue weighted by Gasteiger charge is 2.11. The molecule has 72 valence electrons. The van der Waals surface area contributed by atoms with Gasteiger partial charge in [0.1, 0.15) is 0 Å². The Bertz CT molecular complexity index is 132. The average Bonchev–Trinajstić information content (AvgIpc) is 1.96. The lowest BCUT2D eigenvalue weighted by Gasteiger charge is -2.14. The highest BCUT2D eigenvalue weighted by molar-refractivity contribution is 6.64. The maximum absolute atomic E-state index is 7.36. The summed E-state index contributed by atoms with van der Waals surface area (Å²) in [7, 11) is 0. The van der Waals surface area contributed by atoms with Gasteiger partial charge in [-0.2, -0.15) is 0 Å². The van der Waals surface area contributed by atoms with E-state index in [1.807, 2.05) is 0 Å². The van der Waals surface area contributed by atoms with Crippen molar-refractivity contribution in [2.75, 3.05) is 0 Å². The number of hydrogen-bond donors (Lipinski definition) is 1. The van der Waals surface area contributed by atoms with E-state index in [1.165, 1.54) is 6.42 Å². The first-order valence-corrected chi connectivity index (χ1v) is 5.19. The molecule has 1 nitrogen and oxygen atoms in total. The highest BCUT2D eigenvalue weighted by atomic mass is 35.5. The second-order valence-corrected chi connectivity index (χ2v) is 4.21. The van der Waals surface area contributed by atoms with Crippen molar-refractivity contribution in [2.45, 2.75) is 46.5 Å². The van der Waals surface area contributed by atoms with Gasteiger partial charge in [-0.05, 0) is 18.8 Å². The van der Waals surface area contributed by atoms with E-state index in [-0.39, 0.29) is 0 Å². The van der Waals surface area contributed by atoms with Crippen molar-refractivity contribution in [1.29, 1.82) is 5.41 Å². The van der Waals surface area contributed by atoms with Crippen LogP contribution in [0.15, 0.2) is 0 Å². The second-order valence-electron chi connectivity index (χ2n) is 3.80. The summed E-state index contributed by atoms with van der Waals surface area (Å²) in [6.07, 6.45) is 4.44. The van der Waals surface area contributed by atoms with Crippen LogP contribution in [0.4, 0.5) is 0 Å². The van der Waals surface area contributed by atoms with Gasteiger partial charge in [0.15, 0.2) is 0 Å². The van der Waals surface area contributed by atoms with Gasteiger partial charge in [0.2, 0.25) is 0 Å². The molecule has 0 aromatic carbocycles. The molecule has 1 N–H and O–H groups in total. The molecule has 0 aromatic heterocycles. The minimum atomic E-state index is 0.319. The van der Waals surface area contributed by atoms with Crippen LogP contribution in [-0.2, 0) is 0 Å². The van der Waals surface area contributed by atoms with Gasteiger partial charge in [-0.25, -0.2) is 0 Å². The maximum atomic E-state index is 7.36. The first kappa shape index (κ1) is 12.0. The molecule has 0 aliphatic carbocycles. The summed E-state index contributed by atoms with van der Waals surface area (Å²) >= 11 is 5.69. The lowest BCUT2D eigenvalue weighted by atomic mass is 9.95. The Morgan fingerprint density at radius 2 is 1.83 bits per heavy atom. The Hall–Kier alpha value is -0.0400. The van der Waals surface area contributed by atoms with Gasteiger partial charge in [-0.1, -0.05) is 45.2 Å². The normalized spacial score (nSPS) is 13.4. The SMILES string of the molecule is CCCC(CCC(C)C)C(=N)Cl. The van der Waals surface area contributed by atoms with E-state index in [4.69, 9.17) is 17.0 Å². The van der Waals surface area contributed by atoms with E-state index < -0.39 is 0 Å². The van der Waals surface area contributed by atoms with Crippen LogP contribution in [0.2, 0.25) is 0 Å². The molecule has 2 heteroatoms. The number of hydrogen-bond acceptors (Lipinski definition) is 1. The summed E-state index contributed by atoms with van der Waals surface area (Å²) in [5, 5.41) is 7.71. The molecule has 0 amide bonds. The van der Waals surface area contributed by atoms with Crippen molar-refractivity contribution >= 4 is 16.8 Å². The van der Waals surface area contributed by atoms with Crippen molar-refractivity contribution in [3.63, 3.8) is 0 Å². The van der Waals surface area contributed by atoms with E-state index in [0.29, 0.717) is 11.1 Å². The van der Waals surface area contributed by atoms with Crippen LogP contribution >= 0.6 is 11.6 Å². The van der Waals surface area contributed by atoms with E-state index in [2.05, 4.69) is 20.8 Å². The number of halogens is 1. The van der Waals surface area contributed by atoms with E-state index in [9.17, 15) is 0 Å². The van der Waals surface area contributed by atoms with Crippen LogP contribution in [0.3, 0.4) is 0 Å². The summed E-state index contributed by atoms with van der Waals surface area (Å²) < 4.78 is 0. The van der Waals surface area contributed by atoms with Crippen LogP contribution in [0.1, 0.15) is 46.5 Å². The third kappa shape index (κ3) is 5.59. The summed E-state index contributed by atoms with van der Waals surface area (Å²) in [4.78, 5) is 0. The molecule has 0 saturated carbocycles. The molecule has 0 aliphatic heterocycles. The van der Waals surface area contributed by atoms with Crippen LogP contribution in [0.5, 0.6) is 0 Å². The van der Waals surface area contributed by atoms with Crippen LogP contribution in [0, 0.1) is 17.2 Å². The molecule has 0 aliphatic rings. The van der Waals surface area contributed by atoms with Crippen molar-refractivity contribution in [3.05, 3.63) is 0 Å². The molecular weight excluding hydrogens is 170 g/mol. The van der Waals surface area contributed by atoms with Crippen LogP contribution in [-0.4, -0.2) is 5.17 Å². The molecule has 0 radical (unpaired) electrons. The largest absolute Gasteiger partial charge is 0.293 e. The molecule has 1 atom stereocenters. The van der Waals surface area contributed by atoms with Gasteiger partial charge >= 0.3 is 0 Å². The zero-order valence-electron chi connectivity index (χ0n) is 8.36. The van der Waals surface area contributed by atoms with Gasteiger partial charge in [0.05, 0.1) is 5.17 Å². The summed E-state index contributed by atoms with van der Waals surface area (Å²) in [6, 6.07) is 0. The first-order valence-electron chi connectivity index (χ1n) is 4.81. The molecule has 0 saturated heterocycles. The fourth-order valence-corrected chi connectivity index (χ4v) is 1.50. The predicted octanol–water partition coefficient (Wildman–Crippen LogP) is 4.05. The summed E-state index contributed by atoms with van der Waals surface area (Å²) in [5.41, 5.74) is 0. The van der Waals surface area contributed by atoms with Crippen molar-refractivity contribution in [3.8, 4) is 0 Å². The topological polar surface area (TPSA) is 23.9 Å². The predicted molar refractivity (Wildman–Crippen MR) is 56.0 cm³/mol. The third-order valence-corrected chi connectivity index (χ3v) is 2.40. The number of rotatable bonds is 6. The smallest absolute Gasteiger partial charge is 0.1000 e. The number of nitrogens with one attached hydrogen (secondary N) is 1. The monoisotopic (exact) mass is 189 g/mol. The van der Waals surface area contributed by atoms with Gasteiger partial charge in [-0.15, -0.1) is 0 Å². The minimum absolute atomic E-state index is 0.319. The van der Waals surface area contributed by atoms with E-state index in [0.717, 1.165) is 25.2 Å². The fraction of sp³-hybridized carbons (Fsp3) is 0.900. The standard InChI is InChI=1S/C10H20ClN/c1-4-5-9(10(11)12)7-6-8(2)3/h8-9,12H,4-7H2,1-3H3. The molecule has 1 unspecified atom stereocenters. The Labute approximate surface area is 81.0 Å². The molecule has 0 heterocycles. The Kier molecular flexibility index (Phi) is 6.45. The van der Waals surface area contributed by atoms with Gasteiger partial charge < -0.3 is 0 Å². The molecule has 0 bridgehead atoms. The molecule has 0 spiro atoms. The Morgan fingerprint density at radius 3 is 2.17 bits per heavy atom. The molecule has 0 fully saturated rings. The minimum Gasteiger partial charge on any atom is -0.293 e. The van der Waals surface area contributed by atoms with Crippen LogP contribution in [0.25, 0.3) is 0 Å². The van der Waals surface area contributed by atoms with Gasteiger partial charge in [-0.3, -0.25) is 5.41 Å². The fourth-order valence-electron chi connectivity index (χ4n) is 1.28. The van der Waals surface area contributed by atoms with E-state index >= 15 is 0 Å². The van der Waals surface area contributed by atoms with Crippen molar-refractivity contribution in [1.82, 2.24) is 0 Å². The van der Waals surface area contributed by atoms with Gasteiger partial charge in [0.25, 0.3) is 0 Å². The average molecular weight is 190 g/mol. The molecular formula is C10H20ClN. The maximum Gasteiger partial charge on any atom is 0.1000 e. The first-order chi connectivity index (χ1) is 5.57. The summed E-state index contributed by atoms with van der Waals surface area (Å²) in [5.74, 6) is 1.04. The lowest BCUT2D eigenvalue weighted by Crippen LogP contribution is -2.08. The zero-order chi connectivity index (χ0) is 9.56. The van der Waals surface area contributed by atoms with Crippen molar-refractivity contribution < 1.29 is 0 Å². The second kappa shape index (κ2) is 6.47. The van der Waals surface area contributed by atoms with Crippen LogP contribution < -0.4 is 0 Å². The highest BCUT2D eigenvalue weighted by Crippen LogP contribution is 2.19. The van der Waals surface area contributed by atoms with E-state index in [1.54, 1.807) is 0 Å². The lowest BCUT2D eigenvalue weighted by molar-refractivity contribution is 0.477. The Morgan fingerprint density at radius 1 is 1.25 bits per heavy atom. The third-order valence-electron chi connectivity index (χ3n) is 2.09.